The zero-order valence-electron chi connectivity index (χ0n) is 13.1. The lowest BCUT2D eigenvalue weighted by Gasteiger charge is -2.08. The molecule has 23 heavy (non-hydrogen) atoms. The molecule has 0 aliphatic carbocycles. The van der Waals surface area contributed by atoms with Gasteiger partial charge in [0.05, 0.1) is 17.5 Å². The van der Waals surface area contributed by atoms with Crippen molar-refractivity contribution < 1.29 is 9.63 Å². The highest BCUT2D eigenvalue weighted by Gasteiger charge is 2.05. The van der Waals surface area contributed by atoms with Crippen molar-refractivity contribution in [2.75, 3.05) is 6.61 Å². The Bertz CT molecular complexity index is 782. The summed E-state index contributed by atoms with van der Waals surface area (Å²) in [6, 6.07) is 7.33. The lowest BCUT2D eigenvalue weighted by Crippen LogP contribution is -2.23. The van der Waals surface area contributed by atoms with Gasteiger partial charge in [-0.3, -0.25) is 19.0 Å². The number of carbonyl (C=O) groups is 1. The van der Waals surface area contributed by atoms with E-state index >= 15 is 0 Å². The lowest BCUT2D eigenvalue weighted by atomic mass is 10.2. The summed E-state index contributed by atoms with van der Waals surface area (Å²) >= 11 is 5.26. The monoisotopic (exact) mass is 335 g/mol. The molecular formula is C16H21N3O3S. The number of fused-ring (bicyclic) bond motifs is 1. The molecule has 1 aromatic carbocycles. The first-order valence-corrected chi connectivity index (χ1v) is 8.16. The molecule has 0 atom stereocenters. The van der Waals surface area contributed by atoms with E-state index in [0.717, 1.165) is 24.8 Å². The number of hydrogen-bond acceptors (Lipinski definition) is 4. The van der Waals surface area contributed by atoms with Crippen LogP contribution in [-0.4, -0.2) is 22.1 Å². The Balaban J connectivity index is 1.89. The Labute approximate surface area is 139 Å². The molecule has 6 nitrogen and oxygen atoms in total. The predicted octanol–water partition coefficient (Wildman–Crippen LogP) is 2.69. The number of aromatic nitrogens is 2. The molecule has 0 saturated heterocycles. The average molecular weight is 335 g/mol. The Morgan fingerprint density at radius 3 is 2.87 bits per heavy atom. The second kappa shape index (κ2) is 8.59. The zero-order chi connectivity index (χ0) is 16.7. The number of rotatable bonds is 8. The van der Waals surface area contributed by atoms with Gasteiger partial charge in [0.15, 0.2) is 4.77 Å². The van der Waals surface area contributed by atoms with E-state index in [0.29, 0.717) is 29.7 Å². The van der Waals surface area contributed by atoms with Crippen molar-refractivity contribution in [2.24, 2.45) is 0 Å². The molecule has 7 heteroatoms. The summed E-state index contributed by atoms with van der Waals surface area (Å²) in [6.07, 6.45) is 2.79. The van der Waals surface area contributed by atoms with E-state index in [9.17, 15) is 9.59 Å². The minimum absolute atomic E-state index is 0.0709. The predicted molar refractivity (Wildman–Crippen MR) is 91.6 cm³/mol. The summed E-state index contributed by atoms with van der Waals surface area (Å²) < 4.78 is 2.01. The summed E-state index contributed by atoms with van der Waals surface area (Å²) in [5.74, 6) is -0.119. The smallest absolute Gasteiger partial charge is 0.262 e. The van der Waals surface area contributed by atoms with Crippen molar-refractivity contribution in [2.45, 2.75) is 39.2 Å². The largest absolute Gasteiger partial charge is 0.332 e. The van der Waals surface area contributed by atoms with Crippen molar-refractivity contribution in [1.29, 1.82) is 0 Å². The topological polar surface area (TPSA) is 76.1 Å². The van der Waals surface area contributed by atoms with Gasteiger partial charge in [0.1, 0.15) is 0 Å². The molecule has 0 radical (unpaired) electrons. The molecule has 0 bridgehead atoms. The maximum absolute atomic E-state index is 12.4. The number of nitrogens with zero attached hydrogens (tertiary/aromatic N) is 1. The van der Waals surface area contributed by atoms with Gasteiger partial charge in [-0.1, -0.05) is 18.6 Å². The molecule has 0 spiro atoms. The first-order chi connectivity index (χ1) is 11.1. The van der Waals surface area contributed by atoms with E-state index in [1.165, 1.54) is 0 Å². The van der Waals surface area contributed by atoms with Gasteiger partial charge in [-0.2, -0.15) is 0 Å². The first-order valence-electron chi connectivity index (χ1n) is 7.76. The molecule has 2 aromatic rings. The van der Waals surface area contributed by atoms with E-state index in [4.69, 9.17) is 17.1 Å². The van der Waals surface area contributed by atoms with Crippen LogP contribution in [0.3, 0.4) is 0 Å². The van der Waals surface area contributed by atoms with Gasteiger partial charge in [0.2, 0.25) is 5.91 Å². The van der Waals surface area contributed by atoms with Crippen LogP contribution in [0.15, 0.2) is 29.1 Å². The van der Waals surface area contributed by atoms with Crippen LogP contribution in [-0.2, 0) is 16.2 Å². The summed E-state index contributed by atoms with van der Waals surface area (Å²) in [5, 5.41) is 0.636. The van der Waals surface area contributed by atoms with Gasteiger partial charge in [0.25, 0.3) is 5.56 Å². The quantitative estimate of drug-likeness (QED) is 0.442. The number of H-pyrrole nitrogens is 1. The Morgan fingerprint density at radius 1 is 1.30 bits per heavy atom. The highest BCUT2D eigenvalue weighted by molar-refractivity contribution is 7.71. The number of unbranched alkanes of at least 4 members (excludes halogenated alkanes) is 2. The standard InChI is InChI=1S/C16H21N3O3S/c1-2-22-18-14(20)10-4-3-7-11-19-15(21)12-8-5-6-9-13(12)17-16(19)23/h5-6,8-9H,2-4,7,10-11H2,1H3,(H,17,23)(H,18,20). The van der Waals surface area contributed by atoms with Gasteiger partial charge in [-0.25, -0.2) is 5.48 Å². The lowest BCUT2D eigenvalue weighted by molar-refractivity contribution is -0.133. The van der Waals surface area contributed by atoms with Crippen molar-refractivity contribution in [3.05, 3.63) is 39.4 Å². The Morgan fingerprint density at radius 2 is 2.09 bits per heavy atom. The number of hydroxylamine groups is 1. The normalized spacial score (nSPS) is 10.8. The number of nitrogens with one attached hydrogen (secondary N) is 2. The second-order valence-electron chi connectivity index (χ2n) is 5.20. The highest BCUT2D eigenvalue weighted by atomic mass is 32.1. The van der Waals surface area contributed by atoms with Crippen LogP contribution < -0.4 is 11.0 Å². The van der Waals surface area contributed by atoms with E-state index < -0.39 is 0 Å². The van der Waals surface area contributed by atoms with E-state index in [2.05, 4.69) is 10.5 Å². The fourth-order valence-corrected chi connectivity index (χ4v) is 2.62. The van der Waals surface area contributed by atoms with Crippen LogP contribution in [0.1, 0.15) is 32.6 Å². The van der Waals surface area contributed by atoms with Crippen LogP contribution in [0.2, 0.25) is 0 Å². The van der Waals surface area contributed by atoms with Crippen LogP contribution in [0.4, 0.5) is 0 Å². The third-order valence-corrected chi connectivity index (χ3v) is 3.83. The number of amides is 1. The number of para-hydroxylation sites is 1. The number of hydrogen-bond donors (Lipinski definition) is 2. The summed E-state index contributed by atoms with van der Waals surface area (Å²) in [7, 11) is 0. The minimum Gasteiger partial charge on any atom is -0.332 e. The molecular weight excluding hydrogens is 314 g/mol. The molecule has 1 aromatic heterocycles. The number of carbonyl (C=O) groups excluding carboxylic acids is 1. The summed E-state index contributed by atoms with van der Waals surface area (Å²) in [4.78, 5) is 31.7. The zero-order valence-corrected chi connectivity index (χ0v) is 13.9. The highest BCUT2D eigenvalue weighted by Crippen LogP contribution is 2.07. The van der Waals surface area contributed by atoms with Crippen molar-refractivity contribution in [3.8, 4) is 0 Å². The van der Waals surface area contributed by atoms with Crippen LogP contribution in [0.5, 0.6) is 0 Å². The third kappa shape index (κ3) is 4.74. The van der Waals surface area contributed by atoms with Crippen LogP contribution >= 0.6 is 12.2 Å². The molecule has 1 heterocycles. The maximum Gasteiger partial charge on any atom is 0.262 e. The number of benzene rings is 1. The molecule has 2 N–H and O–H groups in total. The maximum atomic E-state index is 12.4. The van der Waals surface area contributed by atoms with Crippen LogP contribution in [0, 0.1) is 4.77 Å². The fourth-order valence-electron chi connectivity index (χ4n) is 2.34. The van der Waals surface area contributed by atoms with Gasteiger partial charge in [0, 0.05) is 13.0 Å². The molecule has 0 unspecified atom stereocenters. The molecule has 1 amide bonds. The van der Waals surface area contributed by atoms with Gasteiger partial charge >= 0.3 is 0 Å². The van der Waals surface area contributed by atoms with E-state index in [1.54, 1.807) is 10.6 Å². The summed E-state index contributed by atoms with van der Waals surface area (Å²) in [5.41, 5.74) is 3.05. The molecule has 124 valence electrons. The summed E-state index contributed by atoms with van der Waals surface area (Å²) in [6.45, 7) is 2.81. The van der Waals surface area contributed by atoms with Crippen LogP contribution in [0.25, 0.3) is 10.9 Å². The van der Waals surface area contributed by atoms with E-state index in [-0.39, 0.29) is 11.5 Å². The molecule has 0 fully saturated rings. The number of aromatic amines is 1. The van der Waals surface area contributed by atoms with E-state index in [1.807, 2.05) is 25.1 Å². The molecule has 2 rings (SSSR count). The fraction of sp³-hybridized carbons (Fsp3) is 0.438. The SMILES string of the molecule is CCONC(=O)CCCCCn1c(=S)[nH]c2ccccc2c1=O. The first kappa shape index (κ1) is 17.4. The molecule has 0 saturated carbocycles. The minimum atomic E-state index is -0.119. The van der Waals surface area contributed by atoms with Crippen molar-refractivity contribution in [3.63, 3.8) is 0 Å². The second-order valence-corrected chi connectivity index (χ2v) is 5.59. The van der Waals surface area contributed by atoms with Gasteiger partial charge in [-0.05, 0) is 44.1 Å². The average Bonchev–Trinajstić information content (AvgIpc) is 2.55. The van der Waals surface area contributed by atoms with Crippen molar-refractivity contribution in [1.82, 2.24) is 15.0 Å². The Kier molecular flexibility index (Phi) is 6.49. The van der Waals surface area contributed by atoms with Gasteiger partial charge < -0.3 is 4.98 Å². The third-order valence-electron chi connectivity index (χ3n) is 3.51. The Hall–Kier alpha value is -1.99. The molecule has 0 aliphatic rings. The van der Waals surface area contributed by atoms with Gasteiger partial charge in [-0.15, -0.1) is 0 Å². The molecule has 0 aliphatic heterocycles. The van der Waals surface area contributed by atoms with Crippen molar-refractivity contribution >= 4 is 29.0 Å².